The number of thiophene rings is 1. The van der Waals surface area contributed by atoms with Gasteiger partial charge < -0.3 is 19.6 Å². The Balaban J connectivity index is 2.09. The van der Waals surface area contributed by atoms with E-state index in [9.17, 15) is 19.5 Å². The minimum Gasteiger partial charge on any atom is -0.505 e. The maximum atomic E-state index is 12.6. The Hall–Kier alpha value is -3.79. The fraction of sp³-hybridized carbons (Fsp3) is 0.150. The number of carbonyl (C=O) groups excluding carboxylic acids is 1. The number of rotatable bonds is 4. The smallest absolute Gasteiger partial charge is 0.342 e. The van der Waals surface area contributed by atoms with E-state index in [4.69, 9.17) is 9.47 Å². The van der Waals surface area contributed by atoms with Crippen molar-refractivity contribution < 1.29 is 19.4 Å². The number of methoxy groups -OCH3 is 2. The van der Waals surface area contributed by atoms with Crippen LogP contribution in [-0.4, -0.2) is 40.2 Å². The number of hydrogen-bond donors (Lipinski definition) is 4. The minimum atomic E-state index is -0.680. The predicted octanol–water partition coefficient (Wildman–Crippen LogP) is 2.75. The summed E-state index contributed by atoms with van der Waals surface area (Å²) in [5, 5.41) is 11.0. The Labute approximate surface area is 172 Å². The number of aromatic amines is 3. The van der Waals surface area contributed by atoms with Crippen molar-refractivity contribution in [2.24, 2.45) is 0 Å². The van der Waals surface area contributed by atoms with Gasteiger partial charge in [-0.2, -0.15) is 0 Å². The lowest BCUT2D eigenvalue weighted by Crippen LogP contribution is -2.21. The van der Waals surface area contributed by atoms with E-state index in [0.717, 1.165) is 11.3 Å². The summed E-state index contributed by atoms with van der Waals surface area (Å²) in [4.78, 5) is 45.2. The molecule has 0 saturated heterocycles. The summed E-state index contributed by atoms with van der Waals surface area (Å²) in [6, 6.07) is 7.05. The Kier molecular flexibility index (Phi) is 4.70. The number of nitrogens with one attached hydrogen (secondary N) is 3. The molecule has 0 amide bonds. The first-order chi connectivity index (χ1) is 14.3. The lowest BCUT2D eigenvalue weighted by Gasteiger charge is -2.06. The van der Waals surface area contributed by atoms with Crippen LogP contribution in [0.2, 0.25) is 0 Å². The second-order valence-electron chi connectivity index (χ2n) is 6.46. The van der Waals surface area contributed by atoms with Gasteiger partial charge in [-0.15, -0.1) is 11.3 Å². The van der Waals surface area contributed by atoms with E-state index < -0.39 is 17.2 Å². The third-order valence-electron chi connectivity index (χ3n) is 4.75. The van der Waals surface area contributed by atoms with Crippen LogP contribution >= 0.6 is 11.3 Å². The number of ether oxygens (including phenoxy) is 2. The molecule has 0 unspecified atom stereocenters. The van der Waals surface area contributed by atoms with E-state index in [0.29, 0.717) is 32.3 Å². The summed E-state index contributed by atoms with van der Waals surface area (Å²) in [6.45, 7) is 1.67. The number of aromatic nitrogens is 3. The van der Waals surface area contributed by atoms with Crippen molar-refractivity contribution in [3.8, 4) is 33.2 Å². The third kappa shape index (κ3) is 2.98. The molecule has 4 aromatic rings. The highest BCUT2D eigenvalue weighted by Crippen LogP contribution is 2.47. The number of aryl methyl sites for hydroxylation is 1. The van der Waals surface area contributed by atoms with Gasteiger partial charge in [0.15, 0.2) is 0 Å². The molecule has 3 aromatic heterocycles. The van der Waals surface area contributed by atoms with Crippen LogP contribution in [0.15, 0.2) is 33.9 Å². The molecule has 9 nitrogen and oxygen atoms in total. The van der Waals surface area contributed by atoms with Crippen LogP contribution in [0.5, 0.6) is 11.5 Å². The van der Waals surface area contributed by atoms with E-state index in [-0.39, 0.29) is 22.3 Å². The molecule has 4 rings (SSSR count). The van der Waals surface area contributed by atoms with Crippen LogP contribution in [-0.2, 0) is 4.74 Å². The quantitative estimate of drug-likeness (QED) is 0.370. The summed E-state index contributed by atoms with van der Waals surface area (Å²) >= 11 is 1.15. The van der Waals surface area contributed by atoms with Crippen LogP contribution in [0, 0.1) is 6.92 Å². The molecule has 0 aliphatic heterocycles. The van der Waals surface area contributed by atoms with Crippen molar-refractivity contribution in [3.05, 3.63) is 55.5 Å². The fourth-order valence-corrected chi connectivity index (χ4v) is 4.47. The number of aromatic hydroxyl groups is 1. The molecule has 0 radical (unpaired) electrons. The van der Waals surface area contributed by atoms with Crippen LogP contribution in [0.1, 0.15) is 15.2 Å². The minimum absolute atomic E-state index is 0.0355. The van der Waals surface area contributed by atoms with Crippen molar-refractivity contribution in [3.63, 3.8) is 0 Å². The Morgan fingerprint density at radius 3 is 2.40 bits per heavy atom. The van der Waals surface area contributed by atoms with E-state index in [1.165, 1.54) is 7.11 Å². The van der Waals surface area contributed by atoms with Gasteiger partial charge in [0, 0.05) is 10.4 Å². The molecule has 0 bridgehead atoms. The number of carbonyl (C=O) groups is 1. The molecule has 0 atom stereocenters. The molecule has 0 fully saturated rings. The molecular formula is C20H17N3O6S. The summed E-state index contributed by atoms with van der Waals surface area (Å²) in [5.41, 5.74) is 0.505. The Morgan fingerprint density at radius 1 is 1.07 bits per heavy atom. The first kappa shape index (κ1) is 19.5. The number of hydrogen-bond acceptors (Lipinski definition) is 7. The van der Waals surface area contributed by atoms with Crippen LogP contribution in [0.25, 0.3) is 32.7 Å². The third-order valence-corrected chi connectivity index (χ3v) is 5.86. The average Bonchev–Trinajstić information content (AvgIpc) is 3.24. The molecule has 30 heavy (non-hydrogen) atoms. The zero-order chi connectivity index (χ0) is 21.6. The first-order valence-electron chi connectivity index (χ1n) is 8.79. The molecule has 0 aliphatic carbocycles. The molecule has 3 heterocycles. The van der Waals surface area contributed by atoms with Gasteiger partial charge in [-0.3, -0.25) is 14.8 Å². The predicted molar refractivity (Wildman–Crippen MR) is 113 cm³/mol. The normalized spacial score (nSPS) is 11.0. The molecular weight excluding hydrogens is 410 g/mol. The van der Waals surface area contributed by atoms with Crippen molar-refractivity contribution in [2.75, 3.05) is 14.2 Å². The Bertz CT molecular complexity index is 1390. The van der Waals surface area contributed by atoms with Gasteiger partial charge in [-0.05, 0) is 36.8 Å². The van der Waals surface area contributed by atoms with Crippen LogP contribution in [0.4, 0.5) is 0 Å². The zero-order valence-electron chi connectivity index (χ0n) is 16.2. The molecule has 0 spiro atoms. The fourth-order valence-electron chi connectivity index (χ4n) is 3.38. The second-order valence-corrected chi connectivity index (χ2v) is 7.69. The Morgan fingerprint density at radius 2 is 1.77 bits per heavy atom. The van der Waals surface area contributed by atoms with E-state index in [1.54, 1.807) is 38.3 Å². The maximum absolute atomic E-state index is 12.6. The highest BCUT2D eigenvalue weighted by molar-refractivity contribution is 7.16. The van der Waals surface area contributed by atoms with Gasteiger partial charge in [-0.25, -0.2) is 9.59 Å². The highest BCUT2D eigenvalue weighted by atomic mass is 32.1. The van der Waals surface area contributed by atoms with E-state index in [1.807, 2.05) is 0 Å². The van der Waals surface area contributed by atoms with E-state index in [2.05, 4.69) is 15.0 Å². The summed E-state index contributed by atoms with van der Waals surface area (Å²) in [6.07, 6.45) is 0. The lowest BCUT2D eigenvalue weighted by molar-refractivity contribution is 0.0597. The first-order valence-corrected chi connectivity index (χ1v) is 9.61. The van der Waals surface area contributed by atoms with Crippen molar-refractivity contribution >= 4 is 28.3 Å². The largest absolute Gasteiger partial charge is 0.505 e. The van der Waals surface area contributed by atoms with Gasteiger partial charge in [0.2, 0.25) is 0 Å². The average molecular weight is 427 g/mol. The molecule has 0 aliphatic rings. The number of H-pyrrole nitrogens is 3. The van der Waals surface area contributed by atoms with Gasteiger partial charge in [0.05, 0.1) is 30.2 Å². The van der Waals surface area contributed by atoms with Crippen molar-refractivity contribution in [1.29, 1.82) is 0 Å². The number of esters is 1. The molecule has 154 valence electrons. The SMILES string of the molecule is COC(=O)c1c(C)sc(-c2c(-c3ccc(OC)cc3)[nH]c3[nH]c(=O)[nH]c(=O)c23)c1O. The summed E-state index contributed by atoms with van der Waals surface area (Å²) in [7, 11) is 2.77. The lowest BCUT2D eigenvalue weighted by atomic mass is 10.0. The summed E-state index contributed by atoms with van der Waals surface area (Å²) < 4.78 is 9.96. The second kappa shape index (κ2) is 7.23. The van der Waals surface area contributed by atoms with Crippen LogP contribution < -0.4 is 16.0 Å². The standard InChI is InChI=1S/C20H17N3O6S/c1-8-11(19(26)29-3)15(24)16(30-8)12-13-17(22-20(27)23-18(13)25)21-14(12)9-4-6-10(28-2)7-5-9/h4-7,24H,1-3H3,(H3,21,22,23,25,27). The number of benzene rings is 1. The van der Waals surface area contributed by atoms with Crippen molar-refractivity contribution in [2.45, 2.75) is 6.92 Å². The molecule has 4 N–H and O–H groups in total. The molecule has 0 saturated carbocycles. The molecule has 1 aromatic carbocycles. The number of fused-ring (bicyclic) bond motifs is 1. The van der Waals surface area contributed by atoms with Gasteiger partial charge in [-0.1, -0.05) is 0 Å². The monoisotopic (exact) mass is 427 g/mol. The summed E-state index contributed by atoms with van der Waals surface area (Å²) in [5.74, 6) is -0.322. The van der Waals surface area contributed by atoms with Crippen LogP contribution in [0.3, 0.4) is 0 Å². The van der Waals surface area contributed by atoms with Gasteiger partial charge in [0.25, 0.3) is 5.56 Å². The topological polar surface area (TPSA) is 137 Å². The highest BCUT2D eigenvalue weighted by Gasteiger charge is 2.28. The molecule has 10 heteroatoms. The zero-order valence-corrected chi connectivity index (χ0v) is 17.0. The van der Waals surface area contributed by atoms with E-state index >= 15 is 0 Å². The van der Waals surface area contributed by atoms with Gasteiger partial charge in [0.1, 0.15) is 22.7 Å². The van der Waals surface area contributed by atoms with Gasteiger partial charge >= 0.3 is 11.7 Å². The van der Waals surface area contributed by atoms with Crippen molar-refractivity contribution in [1.82, 2.24) is 15.0 Å². The maximum Gasteiger partial charge on any atom is 0.342 e.